The molecule has 0 radical (unpaired) electrons. The zero-order valence-electron chi connectivity index (χ0n) is 9.78. The molecule has 0 saturated heterocycles. The van der Waals surface area contributed by atoms with Gasteiger partial charge in [0.05, 0.1) is 0 Å². The Balaban J connectivity index is 3.41. The summed E-state index contributed by atoms with van der Waals surface area (Å²) in [7, 11) is 0.893. The maximum atomic E-state index is 11.0. The summed E-state index contributed by atoms with van der Waals surface area (Å²) in [4.78, 5) is 11.0. The van der Waals surface area contributed by atoms with Gasteiger partial charge in [-0.2, -0.15) is 0 Å². The van der Waals surface area contributed by atoms with E-state index in [9.17, 15) is 9.90 Å². The molecule has 0 aromatic rings. The SMILES string of the molecule is C=C(C)C(=O)OCC(O)CNCCSPC. The predicted octanol–water partition coefficient (Wildman–Crippen LogP) is 1.01. The summed E-state index contributed by atoms with van der Waals surface area (Å²) in [5.74, 6) is 0.578. The molecule has 0 aliphatic carbocycles. The zero-order valence-corrected chi connectivity index (χ0v) is 11.6. The van der Waals surface area contributed by atoms with Gasteiger partial charge in [-0.05, 0) is 13.6 Å². The lowest BCUT2D eigenvalue weighted by molar-refractivity contribution is -0.141. The molecule has 2 unspecified atom stereocenters. The molecule has 0 aromatic heterocycles. The highest BCUT2D eigenvalue weighted by Gasteiger charge is 2.08. The molecular formula is C10H20NO3PS. The second kappa shape index (κ2) is 10.1. The summed E-state index contributed by atoms with van der Waals surface area (Å²) in [5.41, 5.74) is 0.348. The van der Waals surface area contributed by atoms with Crippen LogP contribution in [0.2, 0.25) is 0 Å². The summed E-state index contributed by atoms with van der Waals surface area (Å²) < 4.78 is 4.81. The van der Waals surface area contributed by atoms with E-state index in [1.165, 1.54) is 0 Å². The second-order valence-corrected chi connectivity index (χ2v) is 6.49. The molecule has 2 N–H and O–H groups in total. The van der Waals surface area contributed by atoms with Gasteiger partial charge in [0.1, 0.15) is 12.7 Å². The van der Waals surface area contributed by atoms with E-state index >= 15 is 0 Å². The second-order valence-electron chi connectivity index (χ2n) is 3.29. The molecule has 4 nitrogen and oxygen atoms in total. The van der Waals surface area contributed by atoms with Crippen LogP contribution in [0.25, 0.3) is 0 Å². The molecule has 0 fully saturated rings. The van der Waals surface area contributed by atoms with E-state index in [-0.39, 0.29) is 6.61 Å². The maximum absolute atomic E-state index is 11.0. The highest BCUT2D eigenvalue weighted by Crippen LogP contribution is 2.22. The van der Waals surface area contributed by atoms with E-state index in [0.29, 0.717) is 12.1 Å². The Morgan fingerprint density at radius 3 is 2.94 bits per heavy atom. The van der Waals surface area contributed by atoms with Gasteiger partial charge in [-0.15, -0.1) is 11.4 Å². The van der Waals surface area contributed by atoms with Gasteiger partial charge in [-0.25, -0.2) is 4.79 Å². The van der Waals surface area contributed by atoms with Crippen molar-refractivity contribution >= 4 is 25.1 Å². The first kappa shape index (κ1) is 15.9. The largest absolute Gasteiger partial charge is 0.460 e. The number of nitrogens with one attached hydrogen (secondary N) is 1. The Bertz CT molecular complexity index is 226. The van der Waals surface area contributed by atoms with Crippen LogP contribution in [0, 0.1) is 0 Å². The van der Waals surface area contributed by atoms with E-state index in [2.05, 4.69) is 18.6 Å². The minimum absolute atomic E-state index is 0.0152. The van der Waals surface area contributed by atoms with Gasteiger partial charge in [0.2, 0.25) is 0 Å². The van der Waals surface area contributed by atoms with Gasteiger partial charge in [-0.3, -0.25) is 0 Å². The number of aliphatic hydroxyl groups is 1. The number of hydrogen-bond donors (Lipinski definition) is 2. The highest BCUT2D eigenvalue weighted by atomic mass is 32.7. The molecule has 0 rings (SSSR count). The van der Waals surface area contributed by atoms with E-state index in [0.717, 1.165) is 20.1 Å². The van der Waals surface area contributed by atoms with Crippen molar-refractivity contribution in [3.05, 3.63) is 12.2 Å². The molecule has 16 heavy (non-hydrogen) atoms. The van der Waals surface area contributed by atoms with Crippen molar-refractivity contribution in [2.75, 3.05) is 32.1 Å². The maximum Gasteiger partial charge on any atom is 0.333 e. The molecule has 2 atom stereocenters. The van der Waals surface area contributed by atoms with Gasteiger partial charge in [0, 0.05) is 24.4 Å². The van der Waals surface area contributed by atoms with Crippen LogP contribution in [0.3, 0.4) is 0 Å². The quantitative estimate of drug-likeness (QED) is 0.282. The van der Waals surface area contributed by atoms with Crippen LogP contribution < -0.4 is 5.32 Å². The molecule has 6 heteroatoms. The van der Waals surface area contributed by atoms with Crippen molar-refractivity contribution in [1.29, 1.82) is 0 Å². The van der Waals surface area contributed by atoms with Crippen molar-refractivity contribution in [3.63, 3.8) is 0 Å². The molecule has 0 bridgehead atoms. The molecule has 94 valence electrons. The first-order valence-corrected chi connectivity index (χ1v) is 8.29. The fourth-order valence-electron chi connectivity index (χ4n) is 0.848. The van der Waals surface area contributed by atoms with Crippen molar-refractivity contribution in [2.45, 2.75) is 13.0 Å². The Morgan fingerprint density at radius 2 is 2.38 bits per heavy atom. The third-order valence-electron chi connectivity index (χ3n) is 1.66. The number of esters is 1. The van der Waals surface area contributed by atoms with Crippen molar-refractivity contribution < 1.29 is 14.6 Å². The molecule has 0 aromatic carbocycles. The van der Waals surface area contributed by atoms with Crippen molar-refractivity contribution in [3.8, 4) is 0 Å². The lowest BCUT2D eigenvalue weighted by Crippen LogP contribution is -2.32. The summed E-state index contributed by atoms with van der Waals surface area (Å²) in [5, 5.41) is 12.6. The van der Waals surface area contributed by atoms with Crippen molar-refractivity contribution in [2.24, 2.45) is 0 Å². The average Bonchev–Trinajstić information content (AvgIpc) is 2.25. The first-order valence-electron chi connectivity index (χ1n) is 5.08. The number of carbonyl (C=O) groups is 1. The van der Waals surface area contributed by atoms with Gasteiger partial charge < -0.3 is 15.2 Å². The smallest absolute Gasteiger partial charge is 0.333 e. The Kier molecular flexibility index (Phi) is 10.0. The molecule has 0 amide bonds. The topological polar surface area (TPSA) is 58.6 Å². The minimum atomic E-state index is -0.655. The van der Waals surface area contributed by atoms with Gasteiger partial charge >= 0.3 is 5.97 Å². The van der Waals surface area contributed by atoms with Crippen LogP contribution >= 0.6 is 19.2 Å². The fourth-order valence-corrected chi connectivity index (χ4v) is 2.22. The number of ether oxygens (including phenoxy) is 1. The van der Waals surface area contributed by atoms with Crippen LogP contribution in [0.4, 0.5) is 0 Å². The van der Waals surface area contributed by atoms with Crippen LogP contribution in [-0.2, 0) is 9.53 Å². The standard InChI is InChI=1S/C10H20NO3PS/c1-8(2)10(13)14-7-9(12)6-11-4-5-16-15-3/h9,11-12,15H,1,4-7H2,2-3H3. The summed E-state index contributed by atoms with van der Waals surface area (Å²) in [6.45, 7) is 8.48. The monoisotopic (exact) mass is 265 g/mol. The Labute approximate surface area is 103 Å². The Morgan fingerprint density at radius 1 is 1.69 bits per heavy atom. The van der Waals surface area contributed by atoms with Gasteiger partial charge in [0.25, 0.3) is 0 Å². The molecule has 0 aliphatic rings. The normalized spacial score (nSPS) is 12.9. The summed E-state index contributed by atoms with van der Waals surface area (Å²) in [6.07, 6.45) is -0.655. The minimum Gasteiger partial charge on any atom is -0.460 e. The molecule has 0 saturated carbocycles. The van der Waals surface area contributed by atoms with Gasteiger partial charge in [0.15, 0.2) is 0 Å². The first-order chi connectivity index (χ1) is 7.57. The average molecular weight is 265 g/mol. The molecular weight excluding hydrogens is 245 g/mol. The number of aliphatic hydroxyl groups excluding tert-OH is 1. The van der Waals surface area contributed by atoms with Crippen LogP contribution in [0.15, 0.2) is 12.2 Å². The zero-order chi connectivity index (χ0) is 12.4. The number of hydrogen-bond acceptors (Lipinski definition) is 5. The van der Waals surface area contributed by atoms with E-state index in [1.54, 1.807) is 6.92 Å². The fraction of sp³-hybridized carbons (Fsp3) is 0.700. The van der Waals surface area contributed by atoms with E-state index in [1.807, 2.05) is 11.4 Å². The summed E-state index contributed by atoms with van der Waals surface area (Å²) >= 11 is 1.87. The third-order valence-corrected chi connectivity index (χ3v) is 3.84. The van der Waals surface area contributed by atoms with Crippen LogP contribution in [0.5, 0.6) is 0 Å². The number of carbonyl (C=O) groups excluding carboxylic acids is 1. The van der Waals surface area contributed by atoms with Crippen LogP contribution in [-0.4, -0.2) is 49.3 Å². The van der Waals surface area contributed by atoms with Crippen molar-refractivity contribution in [1.82, 2.24) is 5.32 Å². The van der Waals surface area contributed by atoms with Crippen LogP contribution in [0.1, 0.15) is 6.92 Å². The van der Waals surface area contributed by atoms with E-state index in [4.69, 9.17) is 4.74 Å². The Hall–Kier alpha value is -0.0900. The van der Waals surface area contributed by atoms with E-state index < -0.39 is 12.1 Å². The lowest BCUT2D eigenvalue weighted by atomic mass is 10.3. The summed E-state index contributed by atoms with van der Waals surface area (Å²) in [6, 6.07) is 0. The molecule has 0 heterocycles. The highest BCUT2D eigenvalue weighted by molar-refractivity contribution is 8.49. The molecule has 0 spiro atoms. The third kappa shape index (κ3) is 9.16. The number of rotatable bonds is 9. The lowest BCUT2D eigenvalue weighted by Gasteiger charge is -2.12. The van der Waals surface area contributed by atoms with Gasteiger partial charge in [-0.1, -0.05) is 14.4 Å². The predicted molar refractivity (Wildman–Crippen MR) is 71.3 cm³/mol. The molecule has 0 aliphatic heterocycles.